The van der Waals surface area contributed by atoms with Crippen LogP contribution in [0.3, 0.4) is 0 Å². The minimum atomic E-state index is -0.310. The molecule has 6 rings (SSSR count). The van der Waals surface area contributed by atoms with Crippen molar-refractivity contribution < 1.29 is 9.90 Å². The molecule has 36 heavy (non-hydrogen) atoms. The number of aromatic amines is 1. The summed E-state index contributed by atoms with van der Waals surface area (Å²) in [7, 11) is 0. The number of rotatable bonds is 6. The highest BCUT2D eigenvalue weighted by molar-refractivity contribution is 5.93. The lowest BCUT2D eigenvalue weighted by atomic mass is 9.99. The Balaban J connectivity index is 1.47. The van der Waals surface area contributed by atoms with Crippen LogP contribution in [0.1, 0.15) is 67.7 Å². The van der Waals surface area contributed by atoms with Crippen LogP contribution < -0.4 is 10.2 Å². The van der Waals surface area contributed by atoms with E-state index in [1.54, 1.807) is 10.6 Å². The average molecular weight is 486 g/mol. The van der Waals surface area contributed by atoms with Crippen LogP contribution in [0.15, 0.2) is 36.4 Å². The molecule has 2 aromatic heterocycles. The standard InChI is InChI=1S/C27H31N7O2/c1-2-28-27(36)26-32-31-25(34(26)19-11-9-18(10-12-19)33-13-5-6-14-33)21-15-20-22(16-23(21)35)29-30-24(20)17-7-3-4-8-17/h9-12,15-17,35H,2-8,13-14H2,1H3,(H,28,36)(H,29,30). The number of phenolic OH excluding ortho intramolecular Hbond substituents is 1. The zero-order valence-electron chi connectivity index (χ0n) is 20.5. The van der Waals surface area contributed by atoms with Gasteiger partial charge in [-0.05, 0) is 62.9 Å². The maximum atomic E-state index is 12.9. The topological polar surface area (TPSA) is 112 Å². The Morgan fingerprint density at radius 2 is 1.78 bits per heavy atom. The average Bonchev–Trinajstić information content (AvgIpc) is 3.70. The SMILES string of the molecule is CCNC(=O)c1nnc(-c2cc3c(C4CCCC4)[nH]nc3cc2O)n1-c1ccc(N2CCCC2)cc1. The van der Waals surface area contributed by atoms with Crippen molar-refractivity contribution in [3.63, 3.8) is 0 Å². The number of hydrogen-bond acceptors (Lipinski definition) is 6. The van der Waals surface area contributed by atoms with Crippen molar-refractivity contribution >= 4 is 22.5 Å². The fourth-order valence-electron chi connectivity index (χ4n) is 5.65. The summed E-state index contributed by atoms with van der Waals surface area (Å²) in [6.07, 6.45) is 7.11. The van der Waals surface area contributed by atoms with Crippen LogP contribution in [0, 0.1) is 0 Å². The Kier molecular flexibility index (Phi) is 5.83. The molecule has 4 aromatic rings. The van der Waals surface area contributed by atoms with E-state index in [1.165, 1.54) is 25.7 Å². The molecule has 1 aliphatic heterocycles. The van der Waals surface area contributed by atoms with Gasteiger partial charge in [0.2, 0.25) is 5.82 Å². The Bertz CT molecular complexity index is 1390. The van der Waals surface area contributed by atoms with Gasteiger partial charge in [0, 0.05) is 54.1 Å². The van der Waals surface area contributed by atoms with E-state index in [2.05, 4.69) is 42.7 Å². The molecule has 9 heteroatoms. The number of carbonyl (C=O) groups excluding carboxylic acids is 1. The predicted octanol–water partition coefficient (Wildman–Crippen LogP) is 4.52. The van der Waals surface area contributed by atoms with E-state index >= 15 is 0 Å². The first kappa shape index (κ1) is 22.6. The Morgan fingerprint density at radius 3 is 2.50 bits per heavy atom. The smallest absolute Gasteiger partial charge is 0.289 e. The third-order valence-electron chi connectivity index (χ3n) is 7.49. The van der Waals surface area contributed by atoms with E-state index in [0.717, 1.165) is 53.9 Å². The van der Waals surface area contributed by atoms with Gasteiger partial charge in [0.15, 0.2) is 5.82 Å². The van der Waals surface area contributed by atoms with Gasteiger partial charge >= 0.3 is 0 Å². The fourth-order valence-corrected chi connectivity index (χ4v) is 5.65. The van der Waals surface area contributed by atoms with Gasteiger partial charge in [-0.1, -0.05) is 12.8 Å². The van der Waals surface area contributed by atoms with Crippen molar-refractivity contribution in [2.24, 2.45) is 0 Å². The van der Waals surface area contributed by atoms with Gasteiger partial charge in [-0.15, -0.1) is 10.2 Å². The molecule has 0 radical (unpaired) electrons. The Hall–Kier alpha value is -3.88. The third kappa shape index (κ3) is 3.88. The molecule has 186 valence electrons. The number of anilines is 1. The molecule has 1 saturated carbocycles. The maximum Gasteiger partial charge on any atom is 0.289 e. The summed E-state index contributed by atoms with van der Waals surface area (Å²) in [6, 6.07) is 11.7. The van der Waals surface area contributed by atoms with Gasteiger partial charge in [-0.3, -0.25) is 14.5 Å². The van der Waals surface area contributed by atoms with Gasteiger partial charge in [-0.25, -0.2) is 0 Å². The number of phenols is 1. The summed E-state index contributed by atoms with van der Waals surface area (Å²) >= 11 is 0. The lowest BCUT2D eigenvalue weighted by Crippen LogP contribution is -2.26. The summed E-state index contributed by atoms with van der Waals surface area (Å²) in [5.41, 5.74) is 4.28. The van der Waals surface area contributed by atoms with E-state index in [0.29, 0.717) is 23.9 Å². The zero-order valence-corrected chi connectivity index (χ0v) is 20.5. The second-order valence-electron chi connectivity index (χ2n) is 9.76. The molecule has 9 nitrogen and oxygen atoms in total. The molecular formula is C27H31N7O2. The predicted molar refractivity (Wildman–Crippen MR) is 139 cm³/mol. The number of H-pyrrole nitrogens is 1. The molecular weight excluding hydrogens is 454 g/mol. The number of aromatic hydroxyl groups is 1. The summed E-state index contributed by atoms with van der Waals surface area (Å²) < 4.78 is 1.73. The van der Waals surface area contributed by atoms with Crippen LogP contribution in [0.25, 0.3) is 28.0 Å². The Labute approximate surface area is 209 Å². The lowest BCUT2D eigenvalue weighted by molar-refractivity contribution is 0.0943. The van der Waals surface area contributed by atoms with Gasteiger partial charge in [0.25, 0.3) is 5.91 Å². The van der Waals surface area contributed by atoms with Crippen molar-refractivity contribution in [3.8, 4) is 22.8 Å². The molecule has 3 heterocycles. The molecule has 3 N–H and O–H groups in total. The first-order valence-corrected chi connectivity index (χ1v) is 12.9. The molecule has 1 amide bonds. The van der Waals surface area contributed by atoms with Crippen molar-refractivity contribution in [2.75, 3.05) is 24.5 Å². The quantitative estimate of drug-likeness (QED) is 0.370. The molecule has 2 aliphatic rings. The molecule has 2 fully saturated rings. The fraction of sp³-hybridized carbons (Fsp3) is 0.407. The van der Waals surface area contributed by atoms with Crippen molar-refractivity contribution in [1.29, 1.82) is 0 Å². The summed E-state index contributed by atoms with van der Waals surface area (Å²) in [5.74, 6) is 0.785. The largest absolute Gasteiger partial charge is 0.507 e. The van der Waals surface area contributed by atoms with E-state index in [9.17, 15) is 9.90 Å². The normalized spacial score (nSPS) is 16.3. The minimum absolute atomic E-state index is 0.0526. The van der Waals surface area contributed by atoms with Gasteiger partial charge in [-0.2, -0.15) is 5.10 Å². The minimum Gasteiger partial charge on any atom is -0.507 e. The molecule has 2 aromatic carbocycles. The number of benzene rings is 2. The first-order chi connectivity index (χ1) is 17.6. The number of nitrogens with zero attached hydrogens (tertiary/aromatic N) is 5. The summed E-state index contributed by atoms with van der Waals surface area (Å²) in [5, 5.41) is 31.1. The Morgan fingerprint density at radius 1 is 1.06 bits per heavy atom. The number of carbonyl (C=O) groups is 1. The number of amides is 1. The lowest BCUT2D eigenvalue weighted by Gasteiger charge is -2.18. The molecule has 0 bridgehead atoms. The zero-order chi connectivity index (χ0) is 24.6. The number of aromatic nitrogens is 5. The highest BCUT2D eigenvalue weighted by atomic mass is 16.3. The van der Waals surface area contributed by atoms with Crippen molar-refractivity contribution in [1.82, 2.24) is 30.3 Å². The van der Waals surface area contributed by atoms with E-state index in [-0.39, 0.29) is 17.5 Å². The second-order valence-corrected chi connectivity index (χ2v) is 9.76. The van der Waals surface area contributed by atoms with Gasteiger partial charge in [0.1, 0.15) is 5.75 Å². The van der Waals surface area contributed by atoms with Crippen LogP contribution in [0.2, 0.25) is 0 Å². The monoisotopic (exact) mass is 485 g/mol. The second kappa shape index (κ2) is 9.29. The van der Waals surface area contributed by atoms with Crippen molar-refractivity contribution in [3.05, 3.63) is 47.9 Å². The van der Waals surface area contributed by atoms with Crippen LogP contribution in [-0.4, -0.2) is 55.6 Å². The van der Waals surface area contributed by atoms with Gasteiger partial charge in [0.05, 0.1) is 11.1 Å². The number of hydrogen-bond donors (Lipinski definition) is 3. The highest BCUT2D eigenvalue weighted by Gasteiger charge is 2.26. The van der Waals surface area contributed by atoms with E-state index in [1.807, 2.05) is 25.1 Å². The van der Waals surface area contributed by atoms with E-state index in [4.69, 9.17) is 0 Å². The number of fused-ring (bicyclic) bond motifs is 1. The highest BCUT2D eigenvalue weighted by Crippen LogP contribution is 2.40. The molecule has 1 saturated heterocycles. The van der Waals surface area contributed by atoms with Crippen LogP contribution in [-0.2, 0) is 0 Å². The molecule has 1 aliphatic carbocycles. The number of nitrogens with one attached hydrogen (secondary N) is 2. The molecule has 0 unspecified atom stereocenters. The van der Waals surface area contributed by atoms with E-state index < -0.39 is 0 Å². The van der Waals surface area contributed by atoms with Crippen LogP contribution in [0.5, 0.6) is 5.75 Å². The molecule has 0 atom stereocenters. The summed E-state index contributed by atoms with van der Waals surface area (Å²) in [4.78, 5) is 15.3. The summed E-state index contributed by atoms with van der Waals surface area (Å²) in [6.45, 7) is 4.46. The van der Waals surface area contributed by atoms with Crippen LogP contribution in [0.4, 0.5) is 5.69 Å². The van der Waals surface area contributed by atoms with Crippen molar-refractivity contribution in [2.45, 2.75) is 51.4 Å². The van der Waals surface area contributed by atoms with Crippen LogP contribution >= 0.6 is 0 Å². The van der Waals surface area contributed by atoms with Gasteiger partial charge < -0.3 is 15.3 Å². The third-order valence-corrected chi connectivity index (χ3v) is 7.49. The first-order valence-electron chi connectivity index (χ1n) is 12.9. The molecule has 0 spiro atoms. The maximum absolute atomic E-state index is 12.9.